The average molecular weight is 402 g/mol. The minimum Gasteiger partial charge on any atom is -0.267 e. The molecule has 1 heterocycles. The molecule has 0 saturated carbocycles. The summed E-state index contributed by atoms with van der Waals surface area (Å²) in [5.41, 5.74) is 2.14. The lowest BCUT2D eigenvalue weighted by atomic mass is 10.1. The van der Waals surface area contributed by atoms with Crippen molar-refractivity contribution >= 4 is 52.3 Å². The maximum atomic E-state index is 12.6. The van der Waals surface area contributed by atoms with E-state index in [1.54, 1.807) is 55.5 Å². The fraction of sp³-hybridized carbons (Fsp3) is 0.0526. The van der Waals surface area contributed by atoms with Gasteiger partial charge in [-0.05, 0) is 36.8 Å². The summed E-state index contributed by atoms with van der Waals surface area (Å²) in [6, 6.07) is 11.0. The number of halogens is 2. The minimum atomic E-state index is -0.456. The van der Waals surface area contributed by atoms with Gasteiger partial charge >= 0.3 is 0 Å². The molecule has 0 bridgehead atoms. The molecule has 0 radical (unpaired) electrons. The van der Waals surface area contributed by atoms with E-state index in [1.165, 1.54) is 17.1 Å². The Morgan fingerprint density at radius 1 is 1.15 bits per heavy atom. The van der Waals surface area contributed by atoms with E-state index in [2.05, 4.69) is 5.10 Å². The van der Waals surface area contributed by atoms with E-state index in [1.807, 2.05) is 0 Å². The Kier molecular flexibility index (Phi) is 5.39. The van der Waals surface area contributed by atoms with Gasteiger partial charge in [-0.25, -0.2) is 0 Å². The normalized spacial score (nSPS) is 15.7. The standard InChI is InChI=1S/C19H13Cl2N3O3/c1-12-16(7-3-5-13-4-2-6-15(10-13)24(26)27)19(25)23(22-12)14-8-9-17(20)18(21)11-14/h2-11H,1H3/b5-3+,16-7+. The molecule has 0 N–H and O–H groups in total. The molecule has 0 spiro atoms. The number of benzene rings is 2. The van der Waals surface area contributed by atoms with Gasteiger partial charge in [-0.1, -0.05) is 47.5 Å². The number of hydrogen-bond acceptors (Lipinski definition) is 4. The van der Waals surface area contributed by atoms with Gasteiger partial charge in [0, 0.05) is 12.1 Å². The van der Waals surface area contributed by atoms with Gasteiger partial charge in [-0.2, -0.15) is 10.1 Å². The first-order valence-electron chi connectivity index (χ1n) is 7.85. The summed E-state index contributed by atoms with van der Waals surface area (Å²) in [6.07, 6.45) is 4.96. The fourth-order valence-corrected chi connectivity index (χ4v) is 2.79. The Morgan fingerprint density at radius 3 is 2.63 bits per heavy atom. The molecule has 2 aromatic rings. The molecule has 8 heteroatoms. The monoisotopic (exact) mass is 401 g/mol. The van der Waals surface area contributed by atoms with Crippen molar-refractivity contribution < 1.29 is 9.72 Å². The number of non-ortho nitro benzene ring substituents is 1. The van der Waals surface area contributed by atoms with Gasteiger partial charge in [0.05, 0.1) is 31.9 Å². The van der Waals surface area contributed by atoms with Gasteiger partial charge in [0.25, 0.3) is 11.6 Å². The first-order valence-corrected chi connectivity index (χ1v) is 8.60. The Bertz CT molecular complexity index is 1030. The number of allylic oxidation sites excluding steroid dienone is 2. The Hall–Kier alpha value is -2.96. The predicted octanol–water partition coefficient (Wildman–Crippen LogP) is 5.26. The van der Waals surface area contributed by atoms with Crippen molar-refractivity contribution in [1.82, 2.24) is 0 Å². The van der Waals surface area contributed by atoms with E-state index >= 15 is 0 Å². The highest BCUT2D eigenvalue weighted by Gasteiger charge is 2.28. The maximum Gasteiger partial charge on any atom is 0.280 e. The third-order valence-electron chi connectivity index (χ3n) is 3.84. The summed E-state index contributed by atoms with van der Waals surface area (Å²) in [6.45, 7) is 1.72. The number of hydrogen-bond donors (Lipinski definition) is 0. The summed E-state index contributed by atoms with van der Waals surface area (Å²) >= 11 is 11.9. The van der Waals surface area contributed by atoms with Crippen LogP contribution < -0.4 is 5.01 Å². The van der Waals surface area contributed by atoms with Crippen LogP contribution >= 0.6 is 23.2 Å². The molecule has 0 aliphatic carbocycles. The number of nitrogens with zero attached hydrogens (tertiary/aromatic N) is 3. The molecule has 27 heavy (non-hydrogen) atoms. The number of carbonyl (C=O) groups excluding carboxylic acids is 1. The summed E-state index contributed by atoms with van der Waals surface area (Å²) in [5.74, 6) is -0.297. The van der Waals surface area contributed by atoms with Crippen molar-refractivity contribution in [1.29, 1.82) is 0 Å². The third kappa shape index (κ3) is 4.07. The smallest absolute Gasteiger partial charge is 0.267 e. The first-order chi connectivity index (χ1) is 12.9. The zero-order valence-corrected chi connectivity index (χ0v) is 15.6. The van der Waals surface area contributed by atoms with E-state index in [0.717, 1.165) is 0 Å². The second kappa shape index (κ2) is 7.73. The number of rotatable bonds is 4. The van der Waals surface area contributed by atoms with Crippen LogP contribution in [0.3, 0.4) is 0 Å². The number of nitro groups is 1. The van der Waals surface area contributed by atoms with Crippen LogP contribution in [-0.2, 0) is 4.79 Å². The maximum absolute atomic E-state index is 12.6. The van der Waals surface area contributed by atoms with Crippen molar-refractivity contribution in [3.05, 3.63) is 85.9 Å². The molecule has 136 valence electrons. The van der Waals surface area contributed by atoms with Crippen molar-refractivity contribution in [3.63, 3.8) is 0 Å². The Morgan fingerprint density at radius 2 is 1.93 bits per heavy atom. The van der Waals surface area contributed by atoms with E-state index in [9.17, 15) is 14.9 Å². The van der Waals surface area contributed by atoms with E-state index < -0.39 is 4.92 Å². The third-order valence-corrected chi connectivity index (χ3v) is 4.58. The quantitative estimate of drug-likeness (QED) is 0.398. The summed E-state index contributed by atoms with van der Waals surface area (Å²) in [7, 11) is 0. The molecule has 3 rings (SSSR count). The molecular formula is C19H13Cl2N3O3. The van der Waals surface area contributed by atoms with Gasteiger partial charge in [-0.15, -0.1) is 0 Å². The molecule has 0 atom stereocenters. The molecule has 1 aliphatic rings. The van der Waals surface area contributed by atoms with Crippen LogP contribution in [0.2, 0.25) is 10.0 Å². The number of amides is 1. The molecular weight excluding hydrogens is 389 g/mol. The molecule has 2 aromatic carbocycles. The lowest BCUT2D eigenvalue weighted by molar-refractivity contribution is -0.384. The van der Waals surface area contributed by atoms with Crippen molar-refractivity contribution in [2.75, 3.05) is 5.01 Å². The zero-order chi connectivity index (χ0) is 19.6. The summed E-state index contributed by atoms with van der Waals surface area (Å²) in [4.78, 5) is 23.0. The summed E-state index contributed by atoms with van der Waals surface area (Å²) < 4.78 is 0. The van der Waals surface area contributed by atoms with Crippen LogP contribution in [0.1, 0.15) is 12.5 Å². The van der Waals surface area contributed by atoms with Crippen LogP contribution in [0.4, 0.5) is 11.4 Å². The van der Waals surface area contributed by atoms with Crippen LogP contribution in [0.25, 0.3) is 6.08 Å². The van der Waals surface area contributed by atoms with E-state index in [-0.39, 0.29) is 11.6 Å². The molecule has 0 saturated heterocycles. The number of anilines is 1. The molecule has 0 unspecified atom stereocenters. The van der Waals surface area contributed by atoms with Gasteiger partial charge in [0.15, 0.2) is 0 Å². The largest absolute Gasteiger partial charge is 0.280 e. The molecule has 0 fully saturated rings. The highest BCUT2D eigenvalue weighted by molar-refractivity contribution is 6.42. The van der Waals surface area contributed by atoms with E-state index in [0.29, 0.717) is 32.6 Å². The van der Waals surface area contributed by atoms with Crippen LogP contribution in [-0.4, -0.2) is 16.5 Å². The second-order valence-corrected chi connectivity index (χ2v) is 6.51. The van der Waals surface area contributed by atoms with Gasteiger partial charge < -0.3 is 0 Å². The minimum absolute atomic E-state index is 0.00489. The SMILES string of the molecule is CC1=NN(c2ccc(Cl)c(Cl)c2)C(=O)/C1=C/C=C/c1cccc([N+](=O)[O-])c1. The van der Waals surface area contributed by atoms with E-state index in [4.69, 9.17) is 23.2 Å². The lowest BCUT2D eigenvalue weighted by Crippen LogP contribution is -2.21. The second-order valence-electron chi connectivity index (χ2n) is 5.69. The van der Waals surface area contributed by atoms with Crippen LogP contribution in [0.15, 0.2) is 65.3 Å². The molecule has 6 nitrogen and oxygen atoms in total. The predicted molar refractivity (Wildman–Crippen MR) is 107 cm³/mol. The van der Waals surface area contributed by atoms with Crippen LogP contribution in [0.5, 0.6) is 0 Å². The average Bonchev–Trinajstić information content (AvgIpc) is 2.92. The van der Waals surface area contributed by atoms with Gasteiger partial charge in [0.2, 0.25) is 0 Å². The number of hydrazone groups is 1. The molecule has 0 aromatic heterocycles. The van der Waals surface area contributed by atoms with Crippen molar-refractivity contribution in [3.8, 4) is 0 Å². The topological polar surface area (TPSA) is 75.8 Å². The fourth-order valence-electron chi connectivity index (χ4n) is 2.50. The number of nitro benzene ring substituents is 1. The lowest BCUT2D eigenvalue weighted by Gasteiger charge is -2.12. The van der Waals surface area contributed by atoms with Crippen LogP contribution in [0, 0.1) is 10.1 Å². The van der Waals surface area contributed by atoms with Crippen molar-refractivity contribution in [2.45, 2.75) is 6.92 Å². The molecule has 1 amide bonds. The molecule has 1 aliphatic heterocycles. The van der Waals surface area contributed by atoms with Gasteiger partial charge in [-0.3, -0.25) is 14.9 Å². The van der Waals surface area contributed by atoms with Gasteiger partial charge in [0.1, 0.15) is 0 Å². The highest BCUT2D eigenvalue weighted by atomic mass is 35.5. The Balaban J connectivity index is 1.82. The summed E-state index contributed by atoms with van der Waals surface area (Å²) in [5, 5.41) is 17.1. The first kappa shape index (κ1) is 18.8. The zero-order valence-electron chi connectivity index (χ0n) is 14.1. The van der Waals surface area contributed by atoms with Crippen molar-refractivity contribution in [2.24, 2.45) is 5.10 Å². The Labute approximate surface area is 165 Å². The highest BCUT2D eigenvalue weighted by Crippen LogP contribution is 2.30. The number of carbonyl (C=O) groups is 1.